The molecule has 12 nitrogen and oxygen atoms in total. The number of hydrogen-bond donors (Lipinski definition) is 2. The van der Waals surface area contributed by atoms with Crippen molar-refractivity contribution in [3.05, 3.63) is 53.3 Å². The van der Waals surface area contributed by atoms with E-state index in [4.69, 9.17) is 29.4 Å². The van der Waals surface area contributed by atoms with Gasteiger partial charge in [-0.15, -0.1) is 0 Å². The van der Waals surface area contributed by atoms with Gasteiger partial charge in [-0.05, 0) is 47.1 Å². The average molecular weight is 560 g/mol. The minimum absolute atomic E-state index is 0.0355. The number of carbonyl (C=O) groups is 3. The van der Waals surface area contributed by atoms with Crippen molar-refractivity contribution in [2.24, 2.45) is 0 Å². The van der Waals surface area contributed by atoms with Gasteiger partial charge in [0.25, 0.3) is 0 Å². The molecule has 0 radical (unpaired) electrons. The van der Waals surface area contributed by atoms with Crippen molar-refractivity contribution in [3.63, 3.8) is 0 Å². The van der Waals surface area contributed by atoms with E-state index in [2.05, 4.69) is 0 Å². The van der Waals surface area contributed by atoms with Crippen LogP contribution in [0.5, 0.6) is 0 Å². The minimum Gasteiger partial charge on any atom is -0.461 e. The molecule has 3 heterocycles. The Labute approximate surface area is 232 Å². The largest absolute Gasteiger partial charge is 0.461 e. The highest BCUT2D eigenvalue weighted by atomic mass is 16.8. The van der Waals surface area contributed by atoms with E-state index in [0.29, 0.717) is 0 Å². The quantitative estimate of drug-likeness (QED) is 0.397. The Morgan fingerprint density at radius 3 is 2.30 bits per heavy atom. The third-order valence-electron chi connectivity index (χ3n) is 6.57. The molecule has 4 rings (SSSR count). The molecule has 218 valence electrons. The molecular formula is C28H37N3O9. The fraction of sp³-hybridized carbons (Fsp3) is 0.536. The van der Waals surface area contributed by atoms with E-state index in [0.717, 1.165) is 10.1 Å². The summed E-state index contributed by atoms with van der Waals surface area (Å²) < 4.78 is 29.5. The number of likely N-dealkylation sites (tertiary alicyclic amines) is 1. The lowest BCUT2D eigenvalue weighted by Crippen LogP contribution is -2.47. The van der Waals surface area contributed by atoms with E-state index in [9.17, 15) is 19.5 Å². The predicted octanol–water partition coefficient (Wildman–Crippen LogP) is 3.60. The van der Waals surface area contributed by atoms with Crippen LogP contribution in [0.25, 0.3) is 0 Å². The number of aliphatic hydroxyl groups is 1. The van der Waals surface area contributed by atoms with Gasteiger partial charge in [0.15, 0.2) is 11.5 Å². The molecule has 12 heteroatoms. The van der Waals surface area contributed by atoms with Crippen LogP contribution >= 0.6 is 0 Å². The first-order chi connectivity index (χ1) is 18.8. The Morgan fingerprint density at radius 2 is 1.70 bits per heavy atom. The molecule has 2 aliphatic heterocycles. The summed E-state index contributed by atoms with van der Waals surface area (Å²) in [6, 6.07) is 7.21. The second kappa shape index (κ2) is 11.1. The second-order valence-corrected chi connectivity index (χ2v) is 11.1. The second-order valence-electron chi connectivity index (χ2n) is 11.1. The number of nitrogen functional groups attached to an aromatic ring is 1. The molecule has 2 aromatic rings. The summed E-state index contributed by atoms with van der Waals surface area (Å²) >= 11 is 0. The fourth-order valence-corrected chi connectivity index (χ4v) is 5.08. The third kappa shape index (κ3) is 5.79. The van der Waals surface area contributed by atoms with Gasteiger partial charge in [0.2, 0.25) is 0 Å². The standard InChI is InChI=1S/C28H37N3O9/c1-7-36-24(33)21-19(29)17(13-30(21)25(34)37-15-16-11-9-8-10-12-16)20-23-22(38-28(5,6)39-23)18(14-32)31(20)26(35)40-27(2,3)4/h8-13,18,20,22-23,32H,7,14-15,29H2,1-6H3/t18-,20+,22-,23+/m1/s1. The van der Waals surface area contributed by atoms with E-state index in [1.54, 1.807) is 53.7 Å². The molecule has 0 unspecified atom stereocenters. The van der Waals surface area contributed by atoms with E-state index in [1.807, 2.05) is 18.2 Å². The lowest BCUT2D eigenvalue weighted by Gasteiger charge is -2.34. The third-order valence-corrected chi connectivity index (χ3v) is 6.57. The minimum atomic E-state index is -1.03. The van der Waals surface area contributed by atoms with Crippen LogP contribution < -0.4 is 5.73 Å². The molecule has 1 aromatic heterocycles. The molecular weight excluding hydrogens is 522 g/mol. The fourth-order valence-electron chi connectivity index (χ4n) is 5.08. The number of nitrogens with two attached hydrogens (primary N) is 1. The number of nitrogens with zero attached hydrogens (tertiary/aromatic N) is 2. The van der Waals surface area contributed by atoms with Crippen molar-refractivity contribution in [2.75, 3.05) is 18.9 Å². The molecule has 1 aromatic carbocycles. The summed E-state index contributed by atoms with van der Waals surface area (Å²) in [5, 5.41) is 10.3. The zero-order valence-corrected chi connectivity index (χ0v) is 23.6. The van der Waals surface area contributed by atoms with E-state index < -0.39 is 60.4 Å². The van der Waals surface area contributed by atoms with Crippen LogP contribution in [0.15, 0.2) is 36.5 Å². The van der Waals surface area contributed by atoms with Crippen molar-refractivity contribution in [1.29, 1.82) is 0 Å². The molecule has 40 heavy (non-hydrogen) atoms. The van der Waals surface area contributed by atoms with Gasteiger partial charge in [0.05, 0.1) is 31.0 Å². The number of carbonyl (C=O) groups excluding carboxylic acids is 3. The van der Waals surface area contributed by atoms with Gasteiger partial charge in [-0.2, -0.15) is 0 Å². The molecule has 0 bridgehead atoms. The van der Waals surface area contributed by atoms with Crippen LogP contribution in [0, 0.1) is 0 Å². The summed E-state index contributed by atoms with van der Waals surface area (Å²) in [5.74, 6) is -1.87. The molecule has 4 atom stereocenters. The van der Waals surface area contributed by atoms with E-state index >= 15 is 0 Å². The molecule has 1 amide bonds. The number of rotatable bonds is 6. The van der Waals surface area contributed by atoms with Crippen LogP contribution in [-0.4, -0.2) is 75.6 Å². The molecule has 0 spiro atoms. The van der Waals surface area contributed by atoms with Crippen LogP contribution in [-0.2, 0) is 30.3 Å². The normalized spacial score (nSPS) is 23.5. The summed E-state index contributed by atoms with van der Waals surface area (Å²) in [5.41, 5.74) is 6.29. The maximum absolute atomic E-state index is 13.5. The first-order valence-electron chi connectivity index (χ1n) is 13.1. The number of esters is 1. The number of anilines is 1. The van der Waals surface area contributed by atoms with Gasteiger partial charge in [-0.25, -0.2) is 19.0 Å². The molecule has 2 saturated heterocycles. The van der Waals surface area contributed by atoms with Crippen LogP contribution in [0.2, 0.25) is 0 Å². The Morgan fingerprint density at radius 1 is 1.05 bits per heavy atom. The Hall–Kier alpha value is -3.61. The number of hydrogen-bond acceptors (Lipinski definition) is 10. The molecule has 2 fully saturated rings. The van der Waals surface area contributed by atoms with E-state index in [-0.39, 0.29) is 30.2 Å². The highest BCUT2D eigenvalue weighted by Crippen LogP contribution is 2.49. The SMILES string of the molecule is CCOC(=O)c1c(N)c([C@H]2[C@@H]3OC(C)(C)O[C@@H]3[C@@H](CO)N2C(=O)OC(C)(C)C)cn1C(=O)OCc1ccccc1. The van der Waals surface area contributed by atoms with E-state index in [1.165, 1.54) is 11.1 Å². The number of aliphatic hydroxyl groups excluding tert-OH is 1. The highest BCUT2D eigenvalue weighted by molar-refractivity contribution is 5.98. The number of fused-ring (bicyclic) bond motifs is 1. The van der Waals surface area contributed by atoms with Crippen molar-refractivity contribution < 1.29 is 43.2 Å². The summed E-state index contributed by atoms with van der Waals surface area (Å²) in [7, 11) is 0. The molecule has 3 N–H and O–H groups in total. The predicted molar refractivity (Wildman–Crippen MR) is 142 cm³/mol. The number of benzene rings is 1. The van der Waals surface area contributed by atoms with Gasteiger partial charge >= 0.3 is 18.2 Å². The number of aromatic nitrogens is 1. The first kappa shape index (κ1) is 29.4. The smallest absolute Gasteiger partial charge is 0.419 e. The topological polar surface area (TPSA) is 152 Å². The Bertz CT molecular complexity index is 1250. The summed E-state index contributed by atoms with van der Waals surface area (Å²) in [4.78, 5) is 41.1. The molecule has 2 aliphatic rings. The monoisotopic (exact) mass is 559 g/mol. The zero-order chi connectivity index (χ0) is 29.4. The molecule has 0 saturated carbocycles. The lowest BCUT2D eigenvalue weighted by atomic mass is 10.0. The maximum Gasteiger partial charge on any atom is 0.419 e. The lowest BCUT2D eigenvalue weighted by molar-refractivity contribution is -0.169. The first-order valence-corrected chi connectivity index (χ1v) is 13.1. The zero-order valence-electron chi connectivity index (χ0n) is 23.6. The van der Waals surface area contributed by atoms with Gasteiger partial charge in [0.1, 0.15) is 24.4 Å². The summed E-state index contributed by atoms with van der Waals surface area (Å²) in [6.07, 6.45) is -1.81. The van der Waals surface area contributed by atoms with Gasteiger partial charge in [-0.3, -0.25) is 4.90 Å². The summed E-state index contributed by atoms with van der Waals surface area (Å²) in [6.45, 7) is 9.73. The average Bonchev–Trinajstić information content (AvgIpc) is 3.47. The Balaban J connectivity index is 1.80. The number of ether oxygens (including phenoxy) is 5. The van der Waals surface area contributed by atoms with Crippen molar-refractivity contribution in [3.8, 4) is 0 Å². The highest BCUT2D eigenvalue weighted by Gasteiger charge is 2.61. The maximum atomic E-state index is 13.5. The Kier molecular flexibility index (Phi) is 8.16. The number of amides is 1. The van der Waals surface area contributed by atoms with Crippen molar-refractivity contribution in [1.82, 2.24) is 9.47 Å². The van der Waals surface area contributed by atoms with Crippen molar-refractivity contribution >= 4 is 23.8 Å². The van der Waals surface area contributed by atoms with Crippen LogP contribution in [0.4, 0.5) is 15.3 Å². The van der Waals surface area contributed by atoms with Crippen LogP contribution in [0.1, 0.15) is 69.2 Å². The van der Waals surface area contributed by atoms with Gasteiger partial charge in [-0.1, -0.05) is 30.3 Å². The van der Waals surface area contributed by atoms with Gasteiger partial charge < -0.3 is 34.5 Å². The van der Waals surface area contributed by atoms with Gasteiger partial charge in [0, 0.05) is 11.8 Å². The van der Waals surface area contributed by atoms with Crippen LogP contribution in [0.3, 0.4) is 0 Å². The van der Waals surface area contributed by atoms with Crippen molar-refractivity contribution in [2.45, 2.75) is 83.8 Å². The molecule has 0 aliphatic carbocycles.